The Bertz CT molecular complexity index is 1170. The number of ether oxygens (including phenoxy) is 1. The number of benzene rings is 2. The molecule has 0 bridgehead atoms. The number of thioether (sulfide) groups is 1. The zero-order chi connectivity index (χ0) is 20.8. The van der Waals surface area contributed by atoms with Crippen molar-refractivity contribution >= 4 is 11.8 Å². The van der Waals surface area contributed by atoms with Gasteiger partial charge in [0.25, 0.3) is 0 Å². The van der Waals surface area contributed by atoms with E-state index in [-0.39, 0.29) is 0 Å². The first-order valence-electron chi connectivity index (χ1n) is 9.45. The van der Waals surface area contributed by atoms with E-state index in [0.717, 1.165) is 38.7 Å². The molecule has 30 heavy (non-hydrogen) atoms. The standard InChI is InChI=1S/C25H19N3OS/c1-29-21-9-7-19(8-10-21)22-15-24(20-5-3-2-4-6-20)28-25(23(22)16-26)30-17-18-11-13-27-14-12-18/h2-15H,17H2,1H3. The molecule has 0 aliphatic heterocycles. The summed E-state index contributed by atoms with van der Waals surface area (Å²) in [5.41, 5.74) is 5.40. The number of pyridine rings is 2. The normalized spacial score (nSPS) is 10.4. The Kier molecular flexibility index (Phi) is 6.07. The minimum Gasteiger partial charge on any atom is -0.497 e. The fourth-order valence-electron chi connectivity index (χ4n) is 3.12. The van der Waals surface area contributed by atoms with Crippen LogP contribution in [0.2, 0.25) is 0 Å². The third-order valence-electron chi connectivity index (χ3n) is 4.69. The summed E-state index contributed by atoms with van der Waals surface area (Å²) in [6.45, 7) is 0. The van der Waals surface area contributed by atoms with E-state index < -0.39 is 0 Å². The Morgan fingerprint density at radius 2 is 1.67 bits per heavy atom. The minimum absolute atomic E-state index is 0.582. The van der Waals surface area contributed by atoms with Crippen molar-refractivity contribution in [3.63, 3.8) is 0 Å². The smallest absolute Gasteiger partial charge is 0.118 e. The van der Waals surface area contributed by atoms with Crippen LogP contribution in [0.3, 0.4) is 0 Å². The van der Waals surface area contributed by atoms with Crippen LogP contribution in [0.25, 0.3) is 22.4 Å². The monoisotopic (exact) mass is 409 g/mol. The molecule has 0 saturated carbocycles. The quantitative estimate of drug-likeness (QED) is 0.367. The molecular formula is C25H19N3OS. The summed E-state index contributed by atoms with van der Waals surface area (Å²) < 4.78 is 5.28. The van der Waals surface area contributed by atoms with Crippen LogP contribution in [0.1, 0.15) is 11.1 Å². The van der Waals surface area contributed by atoms with Crippen LogP contribution in [0.4, 0.5) is 0 Å². The molecule has 0 aliphatic rings. The number of methoxy groups -OCH3 is 1. The zero-order valence-corrected chi connectivity index (χ0v) is 17.3. The lowest BCUT2D eigenvalue weighted by Crippen LogP contribution is -1.96. The molecule has 0 aliphatic carbocycles. The second kappa shape index (κ2) is 9.25. The third-order valence-corrected chi connectivity index (χ3v) is 5.74. The van der Waals surface area contributed by atoms with E-state index in [1.54, 1.807) is 31.3 Å². The number of hydrogen-bond acceptors (Lipinski definition) is 5. The molecule has 5 heteroatoms. The summed E-state index contributed by atoms with van der Waals surface area (Å²) in [7, 11) is 1.64. The third kappa shape index (κ3) is 4.35. The second-order valence-corrected chi connectivity index (χ2v) is 7.55. The van der Waals surface area contributed by atoms with Gasteiger partial charge in [-0.3, -0.25) is 4.98 Å². The fourth-order valence-corrected chi connectivity index (χ4v) is 4.08. The molecule has 0 unspecified atom stereocenters. The van der Waals surface area contributed by atoms with Crippen LogP contribution < -0.4 is 4.74 Å². The first-order valence-corrected chi connectivity index (χ1v) is 10.4. The summed E-state index contributed by atoms with van der Waals surface area (Å²) in [4.78, 5) is 8.92. The van der Waals surface area contributed by atoms with E-state index in [1.807, 2.05) is 72.8 Å². The Balaban J connectivity index is 1.81. The maximum atomic E-state index is 9.98. The first kappa shape index (κ1) is 19.7. The summed E-state index contributed by atoms with van der Waals surface area (Å²) in [5.74, 6) is 1.49. The van der Waals surface area contributed by atoms with Crippen molar-refractivity contribution < 1.29 is 4.74 Å². The van der Waals surface area contributed by atoms with Crippen LogP contribution in [0.15, 0.2) is 90.2 Å². The van der Waals surface area contributed by atoms with E-state index >= 15 is 0 Å². The Morgan fingerprint density at radius 3 is 2.33 bits per heavy atom. The number of hydrogen-bond donors (Lipinski definition) is 0. The molecule has 0 radical (unpaired) electrons. The molecule has 4 nitrogen and oxygen atoms in total. The van der Waals surface area contributed by atoms with Gasteiger partial charge < -0.3 is 4.74 Å². The predicted octanol–water partition coefficient (Wildman–Crippen LogP) is 5.98. The van der Waals surface area contributed by atoms with E-state index in [0.29, 0.717) is 11.3 Å². The minimum atomic E-state index is 0.582. The van der Waals surface area contributed by atoms with Crippen LogP contribution in [-0.4, -0.2) is 17.1 Å². The van der Waals surface area contributed by atoms with Crippen molar-refractivity contribution in [3.8, 4) is 34.2 Å². The summed E-state index contributed by atoms with van der Waals surface area (Å²) in [6, 6.07) is 26.1. The van der Waals surface area contributed by atoms with Crippen LogP contribution in [0.5, 0.6) is 5.75 Å². The highest BCUT2D eigenvalue weighted by molar-refractivity contribution is 7.98. The van der Waals surface area contributed by atoms with Gasteiger partial charge in [0.1, 0.15) is 16.8 Å². The number of aromatic nitrogens is 2. The van der Waals surface area contributed by atoms with Gasteiger partial charge in [0, 0.05) is 29.3 Å². The van der Waals surface area contributed by atoms with Crippen molar-refractivity contribution in [3.05, 3.63) is 96.3 Å². The maximum Gasteiger partial charge on any atom is 0.118 e. The lowest BCUT2D eigenvalue weighted by Gasteiger charge is -2.13. The van der Waals surface area contributed by atoms with E-state index in [4.69, 9.17) is 9.72 Å². The van der Waals surface area contributed by atoms with Crippen molar-refractivity contribution in [2.75, 3.05) is 7.11 Å². The van der Waals surface area contributed by atoms with Crippen molar-refractivity contribution in [1.29, 1.82) is 5.26 Å². The van der Waals surface area contributed by atoms with Gasteiger partial charge in [-0.1, -0.05) is 42.5 Å². The highest BCUT2D eigenvalue weighted by atomic mass is 32.2. The number of nitrogens with zero attached hydrogens (tertiary/aromatic N) is 3. The molecule has 0 atom stereocenters. The van der Waals surface area contributed by atoms with E-state index in [9.17, 15) is 5.26 Å². The topological polar surface area (TPSA) is 58.8 Å². The molecule has 2 aromatic carbocycles. The molecule has 2 aromatic heterocycles. The Hall–Kier alpha value is -3.62. The average molecular weight is 410 g/mol. The van der Waals surface area contributed by atoms with E-state index in [1.165, 1.54) is 0 Å². The van der Waals surface area contributed by atoms with Gasteiger partial charge in [-0.25, -0.2) is 4.98 Å². The van der Waals surface area contributed by atoms with Gasteiger partial charge in [-0.15, -0.1) is 11.8 Å². The molecular weight excluding hydrogens is 390 g/mol. The molecule has 4 rings (SSSR count). The molecule has 0 fully saturated rings. The first-order chi connectivity index (χ1) is 14.8. The molecule has 0 N–H and O–H groups in total. The molecule has 4 aromatic rings. The van der Waals surface area contributed by atoms with Gasteiger partial charge in [0.05, 0.1) is 18.4 Å². The van der Waals surface area contributed by atoms with Gasteiger partial charge in [0.15, 0.2) is 0 Å². The highest BCUT2D eigenvalue weighted by Gasteiger charge is 2.16. The fraction of sp³-hybridized carbons (Fsp3) is 0.0800. The molecule has 0 amide bonds. The molecule has 0 saturated heterocycles. The van der Waals surface area contributed by atoms with Gasteiger partial charge in [-0.2, -0.15) is 5.26 Å². The molecule has 2 heterocycles. The van der Waals surface area contributed by atoms with Gasteiger partial charge in [-0.05, 0) is 41.5 Å². The Morgan fingerprint density at radius 1 is 0.933 bits per heavy atom. The lowest BCUT2D eigenvalue weighted by molar-refractivity contribution is 0.415. The average Bonchev–Trinajstić information content (AvgIpc) is 2.83. The summed E-state index contributed by atoms with van der Waals surface area (Å²) in [6.07, 6.45) is 3.55. The van der Waals surface area contributed by atoms with Crippen LogP contribution >= 0.6 is 11.8 Å². The Labute approximate surface area is 180 Å². The van der Waals surface area contributed by atoms with Crippen molar-refractivity contribution in [1.82, 2.24) is 9.97 Å². The van der Waals surface area contributed by atoms with Crippen molar-refractivity contribution in [2.24, 2.45) is 0 Å². The number of nitriles is 1. The largest absolute Gasteiger partial charge is 0.497 e. The SMILES string of the molecule is COc1ccc(-c2cc(-c3ccccc3)nc(SCc3ccncc3)c2C#N)cc1. The van der Waals surface area contributed by atoms with E-state index in [2.05, 4.69) is 11.1 Å². The molecule has 0 spiro atoms. The highest BCUT2D eigenvalue weighted by Crippen LogP contribution is 2.35. The van der Waals surface area contributed by atoms with Crippen LogP contribution in [0, 0.1) is 11.3 Å². The second-order valence-electron chi connectivity index (χ2n) is 6.59. The van der Waals surface area contributed by atoms with Crippen LogP contribution in [-0.2, 0) is 5.75 Å². The number of rotatable bonds is 6. The lowest BCUT2D eigenvalue weighted by atomic mass is 9.99. The molecule has 146 valence electrons. The van der Waals surface area contributed by atoms with Gasteiger partial charge in [0.2, 0.25) is 0 Å². The zero-order valence-electron chi connectivity index (χ0n) is 16.4. The predicted molar refractivity (Wildman–Crippen MR) is 120 cm³/mol. The maximum absolute atomic E-state index is 9.98. The van der Waals surface area contributed by atoms with Crippen molar-refractivity contribution in [2.45, 2.75) is 10.8 Å². The summed E-state index contributed by atoms with van der Waals surface area (Å²) >= 11 is 1.56. The summed E-state index contributed by atoms with van der Waals surface area (Å²) in [5, 5.41) is 10.7. The van der Waals surface area contributed by atoms with Gasteiger partial charge >= 0.3 is 0 Å².